The largest absolute Gasteiger partial charge is 0.335 e. The molecule has 4 N–H and O–H groups in total. The van der Waals surface area contributed by atoms with Crippen molar-refractivity contribution in [1.29, 1.82) is 0 Å². The normalized spacial score (nSPS) is 15.4. The van der Waals surface area contributed by atoms with Crippen LogP contribution in [0.25, 0.3) is 0 Å². The van der Waals surface area contributed by atoms with Gasteiger partial charge in [0.2, 0.25) is 10.0 Å². The summed E-state index contributed by atoms with van der Waals surface area (Å²) in [6.45, 7) is 0. The van der Waals surface area contributed by atoms with Gasteiger partial charge in [-0.1, -0.05) is 12.1 Å². The highest BCUT2D eigenvalue weighted by atomic mass is 32.2. The Balaban J connectivity index is 2.17. The van der Waals surface area contributed by atoms with E-state index in [9.17, 15) is 13.2 Å². The van der Waals surface area contributed by atoms with Crippen molar-refractivity contribution in [2.24, 2.45) is 5.14 Å². The Morgan fingerprint density at radius 3 is 2.53 bits per heavy atom. The molecule has 2 amide bonds. The molecule has 0 spiro atoms. The molecule has 2 rings (SSSR count). The first kappa shape index (κ1) is 11.9. The number of rotatable bonds is 3. The Labute approximate surface area is 99.2 Å². The van der Waals surface area contributed by atoms with E-state index >= 15 is 0 Å². The maximum absolute atomic E-state index is 11.5. The second-order valence-corrected chi connectivity index (χ2v) is 5.44. The van der Waals surface area contributed by atoms with Gasteiger partial charge in [-0.25, -0.2) is 18.4 Å². The van der Waals surface area contributed by atoms with E-state index in [0.29, 0.717) is 0 Å². The lowest BCUT2D eigenvalue weighted by Gasteiger charge is -2.09. The Hall–Kier alpha value is -1.60. The number of carbonyl (C=O) groups excluding carboxylic acids is 1. The van der Waals surface area contributed by atoms with Crippen molar-refractivity contribution in [2.75, 3.05) is 5.32 Å². The maximum Gasteiger partial charge on any atom is 0.319 e. The second kappa shape index (κ2) is 4.34. The lowest BCUT2D eigenvalue weighted by molar-refractivity contribution is 0.251. The van der Waals surface area contributed by atoms with E-state index in [1.165, 1.54) is 12.1 Å². The summed E-state index contributed by atoms with van der Waals surface area (Å²) in [4.78, 5) is 11.4. The zero-order chi connectivity index (χ0) is 12.5. The van der Waals surface area contributed by atoms with Crippen LogP contribution < -0.4 is 15.8 Å². The molecule has 0 atom stereocenters. The van der Waals surface area contributed by atoms with Gasteiger partial charge in [-0.15, -0.1) is 0 Å². The predicted octanol–water partition coefficient (Wildman–Crippen LogP) is 0.618. The average molecular weight is 255 g/mol. The van der Waals surface area contributed by atoms with Gasteiger partial charge in [0.15, 0.2) is 0 Å². The Bertz CT molecular complexity index is 537. The van der Waals surface area contributed by atoms with E-state index in [1.807, 2.05) is 0 Å². The molecule has 1 aliphatic rings. The molecule has 92 valence electrons. The van der Waals surface area contributed by atoms with Crippen LogP contribution in [0.5, 0.6) is 0 Å². The molecule has 1 aromatic carbocycles. The number of primary sulfonamides is 1. The van der Waals surface area contributed by atoms with Crippen molar-refractivity contribution in [3.63, 3.8) is 0 Å². The standard InChI is InChI=1S/C10H13N3O3S/c11-17(15,16)9-4-2-1-3-8(9)13-10(14)12-7-5-6-7/h1-4,7H,5-6H2,(H2,11,15,16)(H2,12,13,14). The minimum atomic E-state index is -3.83. The van der Waals surface area contributed by atoms with E-state index in [4.69, 9.17) is 5.14 Å². The Kier molecular flexibility index (Phi) is 3.03. The summed E-state index contributed by atoms with van der Waals surface area (Å²) < 4.78 is 22.6. The molecule has 0 bridgehead atoms. The molecule has 0 aliphatic heterocycles. The van der Waals surface area contributed by atoms with Crippen LogP contribution in [0.2, 0.25) is 0 Å². The van der Waals surface area contributed by atoms with Crippen LogP contribution in [0.1, 0.15) is 12.8 Å². The van der Waals surface area contributed by atoms with Crippen LogP contribution in [0.3, 0.4) is 0 Å². The molecule has 0 saturated heterocycles. The van der Waals surface area contributed by atoms with Gasteiger partial charge in [0.25, 0.3) is 0 Å². The molecular formula is C10H13N3O3S. The smallest absolute Gasteiger partial charge is 0.319 e. The second-order valence-electron chi connectivity index (χ2n) is 3.91. The van der Waals surface area contributed by atoms with Gasteiger partial charge >= 0.3 is 6.03 Å². The van der Waals surface area contributed by atoms with Gasteiger partial charge in [-0.3, -0.25) is 0 Å². The zero-order valence-corrected chi connectivity index (χ0v) is 9.83. The molecule has 17 heavy (non-hydrogen) atoms. The molecule has 0 heterocycles. The van der Waals surface area contributed by atoms with Gasteiger partial charge in [-0.2, -0.15) is 0 Å². The van der Waals surface area contributed by atoms with E-state index in [-0.39, 0.29) is 16.6 Å². The molecule has 1 fully saturated rings. The molecule has 7 heteroatoms. The Morgan fingerprint density at radius 1 is 1.29 bits per heavy atom. The number of hydrogen-bond acceptors (Lipinski definition) is 3. The van der Waals surface area contributed by atoms with E-state index in [1.54, 1.807) is 12.1 Å². The number of sulfonamides is 1. The van der Waals surface area contributed by atoms with Crippen LogP contribution in [-0.4, -0.2) is 20.5 Å². The summed E-state index contributed by atoms with van der Waals surface area (Å²) in [7, 11) is -3.83. The SMILES string of the molecule is NS(=O)(=O)c1ccccc1NC(=O)NC1CC1. The quantitative estimate of drug-likeness (QED) is 0.737. The fraction of sp³-hybridized carbons (Fsp3) is 0.300. The van der Waals surface area contributed by atoms with Gasteiger partial charge in [0.05, 0.1) is 5.69 Å². The van der Waals surface area contributed by atoms with E-state index in [0.717, 1.165) is 12.8 Å². The highest BCUT2D eigenvalue weighted by Gasteiger charge is 2.24. The first-order chi connectivity index (χ1) is 7.97. The molecule has 1 aromatic rings. The lowest BCUT2D eigenvalue weighted by atomic mass is 10.3. The number of carbonyl (C=O) groups is 1. The number of para-hydroxylation sites is 1. The summed E-state index contributed by atoms with van der Waals surface area (Å²) in [5.74, 6) is 0. The number of nitrogens with one attached hydrogen (secondary N) is 2. The van der Waals surface area contributed by atoms with Crippen molar-refractivity contribution >= 4 is 21.7 Å². The number of benzene rings is 1. The van der Waals surface area contributed by atoms with E-state index in [2.05, 4.69) is 10.6 Å². The summed E-state index contributed by atoms with van der Waals surface area (Å²) in [6.07, 6.45) is 1.93. The third-order valence-corrected chi connectivity index (χ3v) is 3.32. The van der Waals surface area contributed by atoms with Crippen molar-refractivity contribution in [2.45, 2.75) is 23.8 Å². The van der Waals surface area contributed by atoms with Crippen LogP contribution in [0, 0.1) is 0 Å². The molecular weight excluding hydrogens is 242 g/mol. The van der Waals surface area contributed by atoms with Gasteiger partial charge < -0.3 is 10.6 Å². The monoisotopic (exact) mass is 255 g/mol. The zero-order valence-electron chi connectivity index (χ0n) is 9.01. The minimum absolute atomic E-state index is 0.0917. The third kappa shape index (κ3) is 3.18. The van der Waals surface area contributed by atoms with Crippen molar-refractivity contribution in [1.82, 2.24) is 5.32 Å². The number of nitrogens with two attached hydrogens (primary N) is 1. The van der Waals surface area contributed by atoms with Crippen molar-refractivity contribution in [3.05, 3.63) is 24.3 Å². The number of hydrogen-bond donors (Lipinski definition) is 3. The number of urea groups is 1. The first-order valence-electron chi connectivity index (χ1n) is 5.16. The van der Waals surface area contributed by atoms with Crippen LogP contribution in [0.4, 0.5) is 10.5 Å². The summed E-state index contributed by atoms with van der Waals surface area (Å²) >= 11 is 0. The highest BCUT2D eigenvalue weighted by Crippen LogP contribution is 2.21. The average Bonchev–Trinajstić information content (AvgIpc) is 3.00. The maximum atomic E-state index is 11.5. The first-order valence-corrected chi connectivity index (χ1v) is 6.71. The van der Waals surface area contributed by atoms with Crippen molar-refractivity contribution in [3.8, 4) is 0 Å². The fourth-order valence-corrected chi connectivity index (χ4v) is 2.08. The van der Waals surface area contributed by atoms with Gasteiger partial charge in [0.1, 0.15) is 4.90 Å². The van der Waals surface area contributed by atoms with Crippen LogP contribution >= 0.6 is 0 Å². The van der Waals surface area contributed by atoms with Crippen molar-refractivity contribution < 1.29 is 13.2 Å². The molecule has 0 radical (unpaired) electrons. The fourth-order valence-electron chi connectivity index (χ4n) is 1.39. The summed E-state index contributed by atoms with van der Waals surface area (Å²) in [6, 6.07) is 5.81. The minimum Gasteiger partial charge on any atom is -0.335 e. The molecule has 6 nitrogen and oxygen atoms in total. The molecule has 1 aliphatic carbocycles. The topological polar surface area (TPSA) is 101 Å². The Morgan fingerprint density at radius 2 is 1.94 bits per heavy atom. The van der Waals surface area contributed by atoms with Crippen LogP contribution in [0.15, 0.2) is 29.2 Å². The molecule has 0 unspecified atom stereocenters. The summed E-state index contributed by atoms with van der Waals surface area (Å²) in [5, 5.41) is 10.2. The number of amides is 2. The third-order valence-electron chi connectivity index (χ3n) is 2.35. The highest BCUT2D eigenvalue weighted by molar-refractivity contribution is 7.89. The van der Waals surface area contributed by atoms with E-state index < -0.39 is 16.1 Å². The molecule has 0 aromatic heterocycles. The van der Waals surface area contributed by atoms with Gasteiger partial charge in [0, 0.05) is 6.04 Å². The molecule has 1 saturated carbocycles. The predicted molar refractivity (Wildman–Crippen MR) is 63.0 cm³/mol. The van der Waals surface area contributed by atoms with Crippen LogP contribution in [-0.2, 0) is 10.0 Å². The lowest BCUT2D eigenvalue weighted by Crippen LogP contribution is -2.31. The number of anilines is 1. The summed E-state index contributed by atoms with van der Waals surface area (Å²) in [5.41, 5.74) is 0.188. The van der Waals surface area contributed by atoms with Gasteiger partial charge in [-0.05, 0) is 25.0 Å².